The summed E-state index contributed by atoms with van der Waals surface area (Å²) in [5.74, 6) is 0. The van der Waals surface area contributed by atoms with Crippen LogP contribution < -0.4 is 11.1 Å². The summed E-state index contributed by atoms with van der Waals surface area (Å²) in [6.07, 6.45) is 1.10. The number of hydrogen-bond acceptors (Lipinski definition) is 2. The van der Waals surface area contributed by atoms with Gasteiger partial charge in [0.15, 0.2) is 0 Å². The van der Waals surface area contributed by atoms with E-state index in [4.69, 9.17) is 5.73 Å². The van der Waals surface area contributed by atoms with Crippen molar-refractivity contribution < 1.29 is 4.39 Å². The van der Waals surface area contributed by atoms with Gasteiger partial charge in [0.25, 0.3) is 0 Å². The molecule has 2 nitrogen and oxygen atoms in total. The van der Waals surface area contributed by atoms with Crippen molar-refractivity contribution in [3.8, 4) is 0 Å². The summed E-state index contributed by atoms with van der Waals surface area (Å²) in [5, 5.41) is 3.06. The molecule has 3 N–H and O–H groups in total. The quantitative estimate of drug-likeness (QED) is 0.787. The molecule has 1 aliphatic rings. The van der Waals surface area contributed by atoms with Crippen LogP contribution in [0.2, 0.25) is 0 Å². The summed E-state index contributed by atoms with van der Waals surface area (Å²) < 4.78 is 14.1. The Morgan fingerprint density at radius 3 is 2.87 bits per heavy atom. The Hall–Kier alpha value is -0.930. The van der Waals surface area contributed by atoms with Crippen LogP contribution in [0.15, 0.2) is 24.3 Å². The van der Waals surface area contributed by atoms with Gasteiger partial charge in [0.05, 0.1) is 0 Å². The van der Waals surface area contributed by atoms with Gasteiger partial charge >= 0.3 is 0 Å². The minimum absolute atomic E-state index is 0.472. The third-order valence-electron chi connectivity index (χ3n) is 2.94. The van der Waals surface area contributed by atoms with E-state index < -0.39 is 5.67 Å². The molecule has 1 atom stereocenters. The number of nitrogens with one attached hydrogen (secondary N) is 1. The van der Waals surface area contributed by atoms with Gasteiger partial charge in [-0.25, -0.2) is 4.39 Å². The van der Waals surface area contributed by atoms with E-state index in [1.54, 1.807) is 0 Å². The first-order valence-electron chi connectivity index (χ1n) is 5.39. The van der Waals surface area contributed by atoms with Crippen LogP contribution in [-0.4, -0.2) is 18.8 Å². The van der Waals surface area contributed by atoms with Crippen LogP contribution in [0, 0.1) is 0 Å². The lowest BCUT2D eigenvalue weighted by Gasteiger charge is -2.18. The summed E-state index contributed by atoms with van der Waals surface area (Å²) in [6.45, 7) is 1.78. The Labute approximate surface area is 89.7 Å². The first-order valence-corrected chi connectivity index (χ1v) is 5.39. The molecule has 0 aliphatic carbocycles. The summed E-state index contributed by atoms with van der Waals surface area (Å²) in [6, 6.07) is 7.89. The molecular formula is C12H17FN2. The minimum Gasteiger partial charge on any atom is -0.326 e. The fraction of sp³-hybridized carbons (Fsp3) is 0.500. The van der Waals surface area contributed by atoms with E-state index in [-0.39, 0.29) is 0 Å². The molecule has 0 amide bonds. The van der Waals surface area contributed by atoms with E-state index in [2.05, 4.69) is 5.32 Å². The van der Waals surface area contributed by atoms with Crippen LogP contribution in [0.5, 0.6) is 0 Å². The van der Waals surface area contributed by atoms with E-state index in [1.807, 2.05) is 24.3 Å². The van der Waals surface area contributed by atoms with Gasteiger partial charge in [-0.1, -0.05) is 24.3 Å². The smallest absolute Gasteiger partial charge is 0.128 e. The Morgan fingerprint density at radius 2 is 2.20 bits per heavy atom. The molecule has 82 valence electrons. The first kappa shape index (κ1) is 10.6. The van der Waals surface area contributed by atoms with Gasteiger partial charge in [-0.2, -0.15) is 0 Å². The molecule has 1 unspecified atom stereocenters. The topological polar surface area (TPSA) is 38.0 Å². The highest BCUT2D eigenvalue weighted by Crippen LogP contribution is 2.25. The molecule has 1 aromatic rings. The van der Waals surface area contributed by atoms with Crippen LogP contribution in [0.1, 0.15) is 17.5 Å². The molecule has 0 saturated carbocycles. The molecule has 1 saturated heterocycles. The predicted octanol–water partition coefficient (Wildman–Crippen LogP) is 1.39. The second kappa shape index (κ2) is 4.29. The number of alkyl halides is 1. The maximum atomic E-state index is 14.1. The Bertz CT molecular complexity index is 332. The largest absolute Gasteiger partial charge is 0.326 e. The molecule has 0 bridgehead atoms. The monoisotopic (exact) mass is 208 g/mol. The fourth-order valence-corrected chi connectivity index (χ4v) is 2.10. The van der Waals surface area contributed by atoms with E-state index in [1.165, 1.54) is 0 Å². The molecule has 1 aliphatic heterocycles. The summed E-state index contributed by atoms with van der Waals surface area (Å²) in [7, 11) is 0. The maximum absolute atomic E-state index is 14.1. The highest BCUT2D eigenvalue weighted by molar-refractivity contribution is 5.25. The Kier molecular flexibility index (Phi) is 3.03. The zero-order valence-corrected chi connectivity index (χ0v) is 8.80. The van der Waals surface area contributed by atoms with Crippen molar-refractivity contribution in [3.05, 3.63) is 35.4 Å². The lowest BCUT2D eigenvalue weighted by atomic mass is 9.94. The lowest BCUT2D eigenvalue weighted by Crippen LogP contribution is -2.28. The van der Waals surface area contributed by atoms with Crippen LogP contribution in [0.4, 0.5) is 4.39 Å². The minimum atomic E-state index is -1.06. The second-order valence-electron chi connectivity index (χ2n) is 4.28. The van der Waals surface area contributed by atoms with Crippen molar-refractivity contribution in [1.29, 1.82) is 0 Å². The van der Waals surface area contributed by atoms with E-state index in [9.17, 15) is 4.39 Å². The summed E-state index contributed by atoms with van der Waals surface area (Å²) in [4.78, 5) is 0. The molecule has 3 heteroatoms. The SMILES string of the molecule is NCc1cccc(CC2(F)CCNC2)c1. The zero-order chi connectivity index (χ0) is 10.7. The van der Waals surface area contributed by atoms with Crippen LogP contribution in [-0.2, 0) is 13.0 Å². The highest BCUT2D eigenvalue weighted by Gasteiger charge is 2.33. The van der Waals surface area contributed by atoms with Gasteiger partial charge in [-0.15, -0.1) is 0 Å². The standard InChI is InChI=1S/C12H17FN2/c13-12(4-5-15-9-12)7-10-2-1-3-11(6-10)8-14/h1-3,6,15H,4-5,7-9,14H2. The fourth-order valence-electron chi connectivity index (χ4n) is 2.10. The first-order chi connectivity index (χ1) is 7.22. The molecule has 0 spiro atoms. The molecule has 1 heterocycles. The third kappa shape index (κ3) is 2.55. The van der Waals surface area contributed by atoms with Gasteiger partial charge in [0, 0.05) is 19.5 Å². The van der Waals surface area contributed by atoms with Gasteiger partial charge in [-0.3, -0.25) is 0 Å². The van der Waals surface area contributed by atoms with Gasteiger partial charge in [-0.05, 0) is 24.1 Å². The molecule has 0 radical (unpaired) electrons. The number of halogens is 1. The molecule has 1 fully saturated rings. The molecule has 0 aromatic heterocycles. The molecule has 15 heavy (non-hydrogen) atoms. The molecular weight excluding hydrogens is 191 g/mol. The normalized spacial score (nSPS) is 25.7. The van der Waals surface area contributed by atoms with Crippen molar-refractivity contribution >= 4 is 0 Å². The van der Waals surface area contributed by atoms with E-state index in [0.717, 1.165) is 17.7 Å². The maximum Gasteiger partial charge on any atom is 0.128 e. The predicted molar refractivity (Wildman–Crippen MR) is 59.4 cm³/mol. The Morgan fingerprint density at radius 1 is 1.40 bits per heavy atom. The lowest BCUT2D eigenvalue weighted by molar-refractivity contribution is 0.190. The summed E-state index contributed by atoms with van der Waals surface area (Å²) in [5.41, 5.74) is 6.61. The van der Waals surface area contributed by atoms with Crippen LogP contribution in [0.3, 0.4) is 0 Å². The van der Waals surface area contributed by atoms with Crippen molar-refractivity contribution in [2.75, 3.05) is 13.1 Å². The van der Waals surface area contributed by atoms with Gasteiger partial charge < -0.3 is 11.1 Å². The van der Waals surface area contributed by atoms with Crippen LogP contribution in [0.25, 0.3) is 0 Å². The molecule has 2 rings (SSSR count). The van der Waals surface area contributed by atoms with Crippen LogP contribution >= 0.6 is 0 Å². The number of rotatable bonds is 3. The molecule has 1 aromatic carbocycles. The van der Waals surface area contributed by atoms with Crippen molar-refractivity contribution in [3.63, 3.8) is 0 Å². The Balaban J connectivity index is 2.09. The van der Waals surface area contributed by atoms with Gasteiger partial charge in [0.2, 0.25) is 0 Å². The van der Waals surface area contributed by atoms with Crippen molar-refractivity contribution in [2.45, 2.75) is 25.1 Å². The summed E-state index contributed by atoms with van der Waals surface area (Å²) >= 11 is 0. The van der Waals surface area contributed by atoms with Crippen molar-refractivity contribution in [1.82, 2.24) is 5.32 Å². The number of hydrogen-bond donors (Lipinski definition) is 2. The zero-order valence-electron chi connectivity index (χ0n) is 8.80. The van der Waals surface area contributed by atoms with Gasteiger partial charge in [0.1, 0.15) is 5.67 Å². The van der Waals surface area contributed by atoms with Crippen molar-refractivity contribution in [2.24, 2.45) is 5.73 Å². The average molecular weight is 208 g/mol. The average Bonchev–Trinajstić information content (AvgIpc) is 2.65. The second-order valence-corrected chi connectivity index (χ2v) is 4.28. The highest BCUT2D eigenvalue weighted by atomic mass is 19.1. The number of benzene rings is 1. The number of nitrogens with two attached hydrogens (primary N) is 1. The van der Waals surface area contributed by atoms with E-state index in [0.29, 0.717) is 25.9 Å². The van der Waals surface area contributed by atoms with E-state index >= 15 is 0 Å². The third-order valence-corrected chi connectivity index (χ3v) is 2.94.